The number of H-pyrrole nitrogens is 1. The van der Waals surface area contributed by atoms with E-state index in [9.17, 15) is 14.4 Å². The third-order valence-corrected chi connectivity index (χ3v) is 8.39. The lowest BCUT2D eigenvalue weighted by Gasteiger charge is -2.19. The van der Waals surface area contributed by atoms with Gasteiger partial charge in [-0.2, -0.15) is 0 Å². The minimum Gasteiger partial charge on any atom is -0.464 e. The number of pyridine rings is 1. The molecule has 0 saturated carbocycles. The molecule has 54 heavy (non-hydrogen) atoms. The minimum atomic E-state index is -1.13. The zero-order valence-corrected chi connectivity index (χ0v) is 29.4. The van der Waals surface area contributed by atoms with Crippen LogP contribution >= 0.6 is 0 Å². The molecule has 6 aromatic rings. The Kier molecular flexibility index (Phi) is 12.0. The molecule has 4 N–H and O–H groups in total. The number of unbranched alkanes of at least 4 members (excludes halogenated alkanes) is 1. The Hall–Kier alpha value is -6.40. The SMILES string of the molecule is Cc1nc(C)c2c(OC(=O)NC(Cc3ccccc3)C(=O)OCCCCON(O)O)cc(=O)n(Cc3ccc(-c4ccccc4-c4nnn[nH]4)cc3)c2n1. The second-order valence-electron chi connectivity index (χ2n) is 12.2. The number of carbonyl (C=O) groups is 2. The summed E-state index contributed by atoms with van der Waals surface area (Å²) in [6.07, 6.45) is -0.149. The number of nitrogens with zero attached hydrogens (tertiary/aromatic N) is 7. The number of aryl methyl sites for hydroxylation is 2. The summed E-state index contributed by atoms with van der Waals surface area (Å²) < 4.78 is 12.6. The van der Waals surface area contributed by atoms with Crippen molar-refractivity contribution in [2.45, 2.75) is 45.7 Å². The number of hydrogen-bond donors (Lipinski definition) is 4. The first-order valence-electron chi connectivity index (χ1n) is 17.0. The summed E-state index contributed by atoms with van der Waals surface area (Å²) in [7, 11) is 0. The summed E-state index contributed by atoms with van der Waals surface area (Å²) in [6.45, 7) is 3.59. The van der Waals surface area contributed by atoms with Crippen molar-refractivity contribution in [3.8, 4) is 28.3 Å². The highest BCUT2D eigenvalue weighted by atomic mass is 17.1. The van der Waals surface area contributed by atoms with Gasteiger partial charge in [-0.3, -0.25) is 24.6 Å². The highest BCUT2D eigenvalue weighted by Gasteiger charge is 2.25. The van der Waals surface area contributed by atoms with E-state index < -0.39 is 29.1 Å². The summed E-state index contributed by atoms with van der Waals surface area (Å²) in [5.74, 6) is 0.191. The molecule has 0 bridgehead atoms. The highest BCUT2D eigenvalue weighted by molar-refractivity contribution is 5.89. The molecule has 1 atom stereocenters. The number of fused-ring (bicyclic) bond motifs is 1. The maximum absolute atomic E-state index is 13.7. The average molecular weight is 736 g/mol. The smallest absolute Gasteiger partial charge is 0.413 e. The van der Waals surface area contributed by atoms with E-state index in [0.29, 0.717) is 35.6 Å². The lowest BCUT2D eigenvalue weighted by molar-refractivity contribution is -0.492. The number of nitrogens with one attached hydrogen (secondary N) is 2. The van der Waals surface area contributed by atoms with E-state index in [-0.39, 0.29) is 37.6 Å². The monoisotopic (exact) mass is 735 g/mol. The summed E-state index contributed by atoms with van der Waals surface area (Å²) >= 11 is 0. The summed E-state index contributed by atoms with van der Waals surface area (Å²) in [5, 5.41) is 34.1. The molecule has 1 unspecified atom stereocenters. The van der Waals surface area contributed by atoms with Crippen molar-refractivity contribution in [3.05, 3.63) is 118 Å². The molecule has 6 rings (SSSR count). The van der Waals surface area contributed by atoms with Gasteiger partial charge >= 0.3 is 12.1 Å². The van der Waals surface area contributed by atoms with E-state index in [2.05, 4.69) is 40.7 Å². The lowest BCUT2D eigenvalue weighted by Crippen LogP contribution is -2.44. The molecule has 3 heterocycles. The fraction of sp³-hybridized carbons (Fsp3) is 0.243. The predicted octanol–water partition coefficient (Wildman–Crippen LogP) is 4.34. The zero-order chi connectivity index (χ0) is 38.0. The van der Waals surface area contributed by atoms with Gasteiger partial charge in [0.1, 0.15) is 11.9 Å². The van der Waals surface area contributed by atoms with Crippen LogP contribution < -0.4 is 15.6 Å². The van der Waals surface area contributed by atoms with Crippen LogP contribution in [0.1, 0.15) is 35.5 Å². The molecule has 17 heteroatoms. The van der Waals surface area contributed by atoms with Crippen molar-refractivity contribution in [3.63, 3.8) is 0 Å². The predicted molar refractivity (Wildman–Crippen MR) is 192 cm³/mol. The van der Waals surface area contributed by atoms with Crippen molar-refractivity contribution in [2.24, 2.45) is 0 Å². The number of ether oxygens (including phenoxy) is 2. The van der Waals surface area contributed by atoms with Crippen LogP contribution in [0.4, 0.5) is 4.79 Å². The number of hydrogen-bond acceptors (Lipinski definition) is 14. The molecular formula is C37H37N9O8. The van der Waals surface area contributed by atoms with Crippen molar-refractivity contribution >= 4 is 23.1 Å². The topological polar surface area (TPSA) is 220 Å². The van der Waals surface area contributed by atoms with Crippen LogP contribution in [0.15, 0.2) is 89.7 Å². The van der Waals surface area contributed by atoms with E-state index in [1.165, 1.54) is 10.6 Å². The molecule has 0 radical (unpaired) electrons. The first-order valence-corrected chi connectivity index (χ1v) is 17.0. The maximum Gasteiger partial charge on any atom is 0.413 e. The molecule has 0 aliphatic rings. The van der Waals surface area contributed by atoms with Crippen LogP contribution in [0.5, 0.6) is 5.75 Å². The van der Waals surface area contributed by atoms with E-state index in [0.717, 1.165) is 27.8 Å². The van der Waals surface area contributed by atoms with Gasteiger partial charge in [0.15, 0.2) is 17.2 Å². The third-order valence-electron chi connectivity index (χ3n) is 8.39. The van der Waals surface area contributed by atoms with Gasteiger partial charge in [-0.05, 0) is 59.4 Å². The highest BCUT2D eigenvalue weighted by Crippen LogP contribution is 2.30. The van der Waals surface area contributed by atoms with Gasteiger partial charge in [-0.1, -0.05) is 78.9 Å². The van der Waals surface area contributed by atoms with Gasteiger partial charge < -0.3 is 14.8 Å². The van der Waals surface area contributed by atoms with Crippen molar-refractivity contribution in [1.29, 1.82) is 0 Å². The number of tetrazole rings is 1. The zero-order valence-electron chi connectivity index (χ0n) is 29.4. The van der Waals surface area contributed by atoms with E-state index in [4.69, 9.17) is 19.9 Å². The molecule has 278 valence electrons. The van der Waals surface area contributed by atoms with Crippen molar-refractivity contribution in [2.75, 3.05) is 13.2 Å². The molecule has 0 saturated heterocycles. The minimum absolute atomic E-state index is 0.00376. The number of benzene rings is 3. The van der Waals surface area contributed by atoms with Crippen molar-refractivity contribution in [1.82, 2.24) is 45.9 Å². The first-order chi connectivity index (χ1) is 26.2. The number of aromatic nitrogens is 7. The van der Waals surface area contributed by atoms with E-state index in [1.54, 1.807) is 38.1 Å². The Bertz CT molecular complexity index is 2260. The molecule has 0 aliphatic carbocycles. The lowest BCUT2D eigenvalue weighted by atomic mass is 9.98. The van der Waals surface area contributed by atoms with Crippen LogP contribution in [0, 0.1) is 13.8 Å². The molecule has 0 fully saturated rings. The number of aromatic amines is 1. The number of amides is 1. The molecule has 3 aromatic carbocycles. The molecule has 3 aromatic heterocycles. The maximum atomic E-state index is 13.7. The Balaban J connectivity index is 1.21. The molecule has 0 spiro atoms. The second-order valence-corrected chi connectivity index (χ2v) is 12.2. The molecular weight excluding hydrogens is 698 g/mol. The Labute approximate surface area is 308 Å². The van der Waals surface area contributed by atoms with Gasteiger partial charge in [0.2, 0.25) is 0 Å². The summed E-state index contributed by atoms with van der Waals surface area (Å²) in [4.78, 5) is 53.7. The normalized spacial score (nSPS) is 11.8. The summed E-state index contributed by atoms with van der Waals surface area (Å²) in [5.41, 5.74) is 4.56. The Morgan fingerprint density at radius 2 is 1.63 bits per heavy atom. The van der Waals surface area contributed by atoms with Gasteiger partial charge in [-0.15, -0.1) is 5.10 Å². The van der Waals surface area contributed by atoms with Crippen LogP contribution in [-0.4, -0.2) is 82.3 Å². The number of rotatable bonds is 15. The largest absolute Gasteiger partial charge is 0.464 e. The van der Waals surface area contributed by atoms with Gasteiger partial charge in [0.05, 0.1) is 36.2 Å². The van der Waals surface area contributed by atoms with E-state index in [1.807, 2.05) is 54.6 Å². The van der Waals surface area contributed by atoms with Crippen LogP contribution in [-0.2, 0) is 27.3 Å². The van der Waals surface area contributed by atoms with Gasteiger partial charge in [0.25, 0.3) is 5.56 Å². The molecule has 0 aliphatic heterocycles. The second kappa shape index (κ2) is 17.4. The molecule has 1 amide bonds. The van der Waals surface area contributed by atoms with Crippen LogP contribution in [0.3, 0.4) is 0 Å². The number of esters is 1. The summed E-state index contributed by atoms with van der Waals surface area (Å²) in [6, 6.07) is 24.6. The third kappa shape index (κ3) is 9.33. The fourth-order valence-electron chi connectivity index (χ4n) is 5.90. The standard InChI is InChI=1S/C37H37N9O8/c1-23-33-31(54-37(49)40-30(20-25-10-4-3-5-11-25)36(48)52-18-8-9-19-53-46(50)51)21-32(47)45(35(33)39-24(2)38-23)22-26-14-16-27(17-15-26)28-12-6-7-13-29(28)34-41-43-44-42-34/h3-7,10-17,21,30,50-51H,8-9,18-20,22H2,1-2H3,(H,40,49)(H,41,42,43,44). The Morgan fingerprint density at radius 3 is 2.35 bits per heavy atom. The quantitative estimate of drug-likeness (QED) is 0.0655. The van der Waals surface area contributed by atoms with Crippen LogP contribution in [0.25, 0.3) is 33.5 Å². The van der Waals surface area contributed by atoms with Crippen molar-refractivity contribution < 1.29 is 34.3 Å². The molecule has 17 nitrogen and oxygen atoms in total. The van der Waals surface area contributed by atoms with Gasteiger partial charge in [-0.25, -0.2) is 24.7 Å². The Morgan fingerprint density at radius 1 is 0.907 bits per heavy atom. The number of carbonyl (C=O) groups excluding carboxylic acids is 2. The van der Waals surface area contributed by atoms with E-state index >= 15 is 0 Å². The van der Waals surface area contributed by atoms with Gasteiger partial charge in [0, 0.05) is 18.1 Å². The first kappa shape index (κ1) is 37.4. The van der Waals surface area contributed by atoms with Crippen LogP contribution in [0.2, 0.25) is 0 Å². The average Bonchev–Trinajstić information content (AvgIpc) is 3.70. The fourth-order valence-corrected chi connectivity index (χ4v) is 5.90.